The molecule has 6 nitrogen and oxygen atoms in total. The first-order valence-electron chi connectivity index (χ1n) is 5.61. The van der Waals surface area contributed by atoms with Crippen LogP contribution in [0.25, 0.3) is 0 Å². The van der Waals surface area contributed by atoms with Gasteiger partial charge in [-0.2, -0.15) is 0 Å². The van der Waals surface area contributed by atoms with Gasteiger partial charge in [-0.3, -0.25) is 0 Å². The summed E-state index contributed by atoms with van der Waals surface area (Å²) in [6.45, 7) is 0. The normalized spacial score (nSPS) is 9.74. The van der Waals surface area contributed by atoms with E-state index in [4.69, 9.17) is 10.5 Å². The molecule has 98 valence electrons. The van der Waals surface area contributed by atoms with Crippen molar-refractivity contribution in [1.29, 1.82) is 0 Å². The fourth-order valence-electron chi connectivity index (χ4n) is 1.48. The highest BCUT2D eigenvalue weighted by atomic mass is 16.5. The lowest BCUT2D eigenvalue weighted by Crippen LogP contribution is -2.19. The van der Waals surface area contributed by atoms with Crippen molar-refractivity contribution in [1.82, 2.24) is 4.98 Å². The average Bonchev–Trinajstić information content (AvgIpc) is 2.39. The van der Waals surface area contributed by atoms with Crippen LogP contribution in [0.2, 0.25) is 0 Å². The van der Waals surface area contributed by atoms with Gasteiger partial charge >= 0.3 is 6.03 Å². The molecule has 19 heavy (non-hydrogen) atoms. The molecule has 0 bridgehead atoms. The summed E-state index contributed by atoms with van der Waals surface area (Å²) in [5, 5.41) is 5.32. The summed E-state index contributed by atoms with van der Waals surface area (Å²) in [6, 6.07) is 9.93. The summed E-state index contributed by atoms with van der Waals surface area (Å²) >= 11 is 0. The minimum Gasteiger partial charge on any atom is -0.481 e. The van der Waals surface area contributed by atoms with Crippen LogP contribution in [-0.4, -0.2) is 18.1 Å². The Balaban J connectivity index is 1.97. The Kier molecular flexibility index (Phi) is 3.82. The molecular weight excluding hydrogens is 244 g/mol. The van der Waals surface area contributed by atoms with Crippen molar-refractivity contribution in [3.05, 3.63) is 42.6 Å². The predicted octanol–water partition coefficient (Wildman–Crippen LogP) is 2.32. The van der Waals surface area contributed by atoms with E-state index in [0.717, 1.165) is 0 Å². The van der Waals surface area contributed by atoms with Gasteiger partial charge < -0.3 is 21.1 Å². The van der Waals surface area contributed by atoms with Gasteiger partial charge in [0.25, 0.3) is 0 Å². The number of amides is 2. The van der Waals surface area contributed by atoms with Crippen molar-refractivity contribution in [2.45, 2.75) is 0 Å². The first kappa shape index (κ1) is 12.7. The monoisotopic (exact) mass is 258 g/mol. The molecular formula is C13H14N4O2. The maximum Gasteiger partial charge on any atom is 0.323 e. The molecule has 1 aromatic carbocycles. The van der Waals surface area contributed by atoms with Crippen LogP contribution in [-0.2, 0) is 0 Å². The number of hydrogen-bond donors (Lipinski definition) is 3. The largest absolute Gasteiger partial charge is 0.481 e. The van der Waals surface area contributed by atoms with Gasteiger partial charge in [0.15, 0.2) is 0 Å². The number of benzene rings is 1. The van der Waals surface area contributed by atoms with Crippen LogP contribution >= 0.6 is 0 Å². The zero-order valence-corrected chi connectivity index (χ0v) is 10.4. The van der Waals surface area contributed by atoms with Gasteiger partial charge in [0.1, 0.15) is 0 Å². The number of anilines is 3. The van der Waals surface area contributed by atoms with E-state index in [1.165, 1.54) is 13.3 Å². The van der Waals surface area contributed by atoms with Crippen LogP contribution in [0, 0.1) is 0 Å². The molecule has 0 spiro atoms. The summed E-state index contributed by atoms with van der Waals surface area (Å²) in [6.07, 6.45) is 1.51. The third-order valence-corrected chi connectivity index (χ3v) is 2.35. The highest BCUT2D eigenvalue weighted by Crippen LogP contribution is 2.14. The number of pyridine rings is 1. The van der Waals surface area contributed by atoms with Crippen LogP contribution in [0.5, 0.6) is 5.88 Å². The Morgan fingerprint density at radius 2 is 2.00 bits per heavy atom. The number of nitrogens with zero attached hydrogens (tertiary/aromatic N) is 1. The maximum absolute atomic E-state index is 11.7. The Labute approximate surface area is 110 Å². The molecule has 0 aliphatic carbocycles. The van der Waals surface area contributed by atoms with Crippen LogP contribution < -0.4 is 21.1 Å². The van der Waals surface area contributed by atoms with E-state index in [1.807, 2.05) is 0 Å². The average molecular weight is 258 g/mol. The summed E-state index contributed by atoms with van der Waals surface area (Å²) in [4.78, 5) is 15.7. The molecule has 2 amide bonds. The smallest absolute Gasteiger partial charge is 0.323 e. The van der Waals surface area contributed by atoms with Crippen molar-refractivity contribution < 1.29 is 9.53 Å². The zero-order chi connectivity index (χ0) is 13.7. The van der Waals surface area contributed by atoms with Gasteiger partial charge in [-0.25, -0.2) is 9.78 Å². The Morgan fingerprint density at radius 3 is 2.63 bits per heavy atom. The number of nitrogens with two attached hydrogens (primary N) is 1. The molecule has 0 atom stereocenters. The fourth-order valence-corrected chi connectivity index (χ4v) is 1.48. The van der Waals surface area contributed by atoms with Crippen LogP contribution in [0.3, 0.4) is 0 Å². The topological polar surface area (TPSA) is 89.3 Å². The summed E-state index contributed by atoms with van der Waals surface area (Å²) in [5.74, 6) is 0.488. The number of methoxy groups -OCH3 is 1. The van der Waals surface area contributed by atoms with Crippen molar-refractivity contribution >= 4 is 23.1 Å². The number of aromatic nitrogens is 1. The number of hydrogen-bond acceptors (Lipinski definition) is 4. The minimum absolute atomic E-state index is 0.363. The van der Waals surface area contributed by atoms with Gasteiger partial charge in [0, 0.05) is 17.4 Å². The first-order chi connectivity index (χ1) is 9.17. The fraction of sp³-hybridized carbons (Fsp3) is 0.0769. The molecule has 0 unspecified atom stereocenters. The molecule has 0 saturated heterocycles. The summed E-state index contributed by atoms with van der Waals surface area (Å²) < 4.78 is 4.93. The first-order valence-corrected chi connectivity index (χ1v) is 5.61. The van der Waals surface area contributed by atoms with E-state index in [1.54, 1.807) is 36.4 Å². The zero-order valence-electron chi connectivity index (χ0n) is 10.4. The SMILES string of the molecule is COc1ccc(NC(=O)Nc2cccc(N)c2)cn1. The number of urea groups is 1. The van der Waals surface area contributed by atoms with Crippen LogP contribution in [0.15, 0.2) is 42.6 Å². The molecule has 0 aliphatic rings. The quantitative estimate of drug-likeness (QED) is 0.737. The van der Waals surface area contributed by atoms with Crippen molar-refractivity contribution in [3.63, 3.8) is 0 Å². The number of carbonyl (C=O) groups excluding carboxylic acids is 1. The minimum atomic E-state index is -0.363. The van der Waals surface area contributed by atoms with E-state index in [2.05, 4.69) is 15.6 Å². The lowest BCUT2D eigenvalue weighted by Gasteiger charge is -2.08. The van der Waals surface area contributed by atoms with Crippen LogP contribution in [0.4, 0.5) is 21.9 Å². The van der Waals surface area contributed by atoms with E-state index >= 15 is 0 Å². The molecule has 0 radical (unpaired) electrons. The standard InChI is InChI=1S/C13H14N4O2/c1-19-12-6-5-11(8-15-12)17-13(18)16-10-4-2-3-9(14)7-10/h2-8H,14H2,1H3,(H2,16,17,18). The van der Waals surface area contributed by atoms with E-state index in [-0.39, 0.29) is 6.03 Å². The van der Waals surface area contributed by atoms with Crippen molar-refractivity contribution in [2.24, 2.45) is 0 Å². The number of rotatable bonds is 3. The predicted molar refractivity (Wildman–Crippen MR) is 74.3 cm³/mol. The second-order valence-electron chi connectivity index (χ2n) is 3.79. The maximum atomic E-state index is 11.7. The van der Waals surface area contributed by atoms with Crippen LogP contribution in [0.1, 0.15) is 0 Å². The molecule has 1 aromatic heterocycles. The second kappa shape index (κ2) is 5.72. The van der Waals surface area contributed by atoms with E-state index in [0.29, 0.717) is 22.9 Å². The molecule has 0 fully saturated rings. The van der Waals surface area contributed by atoms with Gasteiger partial charge in [-0.05, 0) is 24.3 Å². The molecule has 1 heterocycles. The van der Waals surface area contributed by atoms with Gasteiger partial charge in [0.2, 0.25) is 5.88 Å². The molecule has 4 N–H and O–H groups in total. The Morgan fingerprint density at radius 1 is 1.21 bits per heavy atom. The summed E-state index contributed by atoms with van der Waals surface area (Å²) in [5.41, 5.74) is 7.41. The van der Waals surface area contributed by atoms with Gasteiger partial charge in [-0.15, -0.1) is 0 Å². The highest BCUT2D eigenvalue weighted by Gasteiger charge is 2.03. The molecule has 2 rings (SSSR count). The van der Waals surface area contributed by atoms with E-state index in [9.17, 15) is 4.79 Å². The third kappa shape index (κ3) is 3.60. The number of ether oxygens (including phenoxy) is 1. The number of nitrogen functional groups attached to an aromatic ring is 1. The van der Waals surface area contributed by atoms with E-state index < -0.39 is 0 Å². The number of carbonyl (C=O) groups is 1. The lowest BCUT2D eigenvalue weighted by molar-refractivity contribution is 0.262. The molecule has 2 aromatic rings. The van der Waals surface area contributed by atoms with Gasteiger partial charge in [0.05, 0.1) is 19.0 Å². The Bertz CT molecular complexity index is 569. The van der Waals surface area contributed by atoms with Crippen molar-refractivity contribution in [3.8, 4) is 5.88 Å². The number of nitrogens with one attached hydrogen (secondary N) is 2. The highest BCUT2D eigenvalue weighted by molar-refractivity contribution is 5.99. The second-order valence-corrected chi connectivity index (χ2v) is 3.79. The molecule has 6 heteroatoms. The lowest BCUT2D eigenvalue weighted by atomic mass is 10.3. The summed E-state index contributed by atoms with van der Waals surface area (Å²) in [7, 11) is 1.53. The van der Waals surface area contributed by atoms with Crippen molar-refractivity contribution in [2.75, 3.05) is 23.5 Å². The molecule has 0 saturated carbocycles. The third-order valence-electron chi connectivity index (χ3n) is 2.35. The molecule has 0 aliphatic heterocycles. The van der Waals surface area contributed by atoms with Gasteiger partial charge in [-0.1, -0.05) is 6.07 Å². The Hall–Kier alpha value is -2.76.